The second-order valence-corrected chi connectivity index (χ2v) is 5.83. The number of amides is 2. The molecule has 1 heterocycles. The molecule has 2 amide bonds. The molecule has 24 heavy (non-hydrogen) atoms. The van der Waals surface area contributed by atoms with E-state index in [9.17, 15) is 23.1 Å². The third kappa shape index (κ3) is 4.53. The van der Waals surface area contributed by atoms with Gasteiger partial charge in [-0.3, -0.25) is 0 Å². The van der Waals surface area contributed by atoms with Gasteiger partial charge in [0, 0.05) is 19.7 Å². The van der Waals surface area contributed by atoms with E-state index >= 15 is 0 Å². The number of aliphatic hydroxyl groups excluding tert-OH is 1. The van der Waals surface area contributed by atoms with Gasteiger partial charge in [-0.05, 0) is 36.5 Å². The number of nitrogens with one attached hydrogen (secondary N) is 1. The molecule has 134 valence electrons. The summed E-state index contributed by atoms with van der Waals surface area (Å²) in [5, 5.41) is 11.2. The Kier molecular flexibility index (Phi) is 5.93. The summed E-state index contributed by atoms with van der Waals surface area (Å²) in [7, 11) is 1.42. The number of carbonyl (C=O) groups excluding carboxylic acids is 1. The average Bonchev–Trinajstić information content (AvgIpc) is 2.58. The van der Waals surface area contributed by atoms with Crippen molar-refractivity contribution in [2.45, 2.75) is 25.1 Å². The first-order chi connectivity index (χ1) is 11.3. The molecule has 1 saturated heterocycles. The molecule has 5 nitrogen and oxygen atoms in total. The summed E-state index contributed by atoms with van der Waals surface area (Å²) >= 11 is 0. The van der Waals surface area contributed by atoms with Gasteiger partial charge in [0.25, 0.3) is 0 Å². The molecule has 2 atom stereocenters. The fraction of sp³-hybridized carbons (Fsp3) is 0.562. The Balaban J connectivity index is 2.12. The van der Waals surface area contributed by atoms with Crippen molar-refractivity contribution < 1.29 is 27.8 Å². The van der Waals surface area contributed by atoms with Crippen molar-refractivity contribution >= 4 is 6.03 Å². The maximum absolute atomic E-state index is 13.4. The van der Waals surface area contributed by atoms with Gasteiger partial charge in [0.15, 0.2) is 6.04 Å². The lowest BCUT2D eigenvalue weighted by atomic mass is 9.99. The van der Waals surface area contributed by atoms with Crippen LogP contribution in [0.15, 0.2) is 24.3 Å². The number of benzene rings is 1. The monoisotopic (exact) mass is 346 g/mol. The summed E-state index contributed by atoms with van der Waals surface area (Å²) in [5.41, 5.74) is -0.0626. The van der Waals surface area contributed by atoms with E-state index in [0.717, 1.165) is 6.42 Å². The van der Waals surface area contributed by atoms with Crippen LogP contribution in [-0.2, 0) is 0 Å². The molecule has 8 heteroatoms. The predicted octanol–water partition coefficient (Wildman–Crippen LogP) is 2.71. The predicted molar refractivity (Wildman–Crippen MR) is 81.7 cm³/mol. The Hall–Kier alpha value is -1.96. The van der Waals surface area contributed by atoms with Crippen LogP contribution in [0.1, 0.15) is 24.4 Å². The molecule has 0 aromatic heterocycles. The Labute approximate surface area is 138 Å². The van der Waals surface area contributed by atoms with Gasteiger partial charge >= 0.3 is 12.2 Å². The van der Waals surface area contributed by atoms with Crippen LogP contribution in [0.5, 0.6) is 5.75 Å². The molecule has 0 saturated carbocycles. The highest BCUT2D eigenvalue weighted by molar-refractivity contribution is 5.75. The average molecular weight is 346 g/mol. The van der Waals surface area contributed by atoms with Crippen molar-refractivity contribution in [1.29, 1.82) is 0 Å². The van der Waals surface area contributed by atoms with Crippen LogP contribution < -0.4 is 10.1 Å². The van der Waals surface area contributed by atoms with Gasteiger partial charge in [-0.2, -0.15) is 13.2 Å². The summed E-state index contributed by atoms with van der Waals surface area (Å²) < 4.78 is 45.0. The van der Waals surface area contributed by atoms with Crippen molar-refractivity contribution in [2.75, 3.05) is 26.8 Å². The summed E-state index contributed by atoms with van der Waals surface area (Å²) in [6.07, 6.45) is -3.18. The van der Waals surface area contributed by atoms with E-state index in [-0.39, 0.29) is 24.6 Å². The molecular weight excluding hydrogens is 325 g/mol. The Morgan fingerprint density at radius 2 is 2.08 bits per heavy atom. The molecule has 2 rings (SSSR count). The third-order valence-corrected chi connectivity index (χ3v) is 4.11. The van der Waals surface area contributed by atoms with Gasteiger partial charge < -0.3 is 20.1 Å². The summed E-state index contributed by atoms with van der Waals surface area (Å²) in [6, 6.07) is 2.54. The van der Waals surface area contributed by atoms with Crippen LogP contribution in [0.25, 0.3) is 0 Å². The first-order valence-corrected chi connectivity index (χ1v) is 7.72. The summed E-state index contributed by atoms with van der Waals surface area (Å²) in [6.45, 7) is 0.565. The number of urea groups is 1. The molecule has 2 N–H and O–H groups in total. The number of hydrogen-bond donors (Lipinski definition) is 2. The Morgan fingerprint density at radius 3 is 2.62 bits per heavy atom. The number of carbonyl (C=O) groups is 1. The summed E-state index contributed by atoms with van der Waals surface area (Å²) in [4.78, 5) is 13.5. The van der Waals surface area contributed by atoms with Crippen LogP contribution >= 0.6 is 0 Å². The minimum absolute atomic E-state index is 0.0626. The standard InChI is InChI=1S/C16H21F3N2O3/c1-24-13-6-4-12(5-7-13)14(16(17,18)19)20-15(23)21-8-2-3-11(9-21)10-22/h4-7,11,14,22H,2-3,8-10H2,1H3,(H,20,23)/t11-,14+/m1/s1. The molecule has 0 bridgehead atoms. The minimum Gasteiger partial charge on any atom is -0.497 e. The van der Waals surface area contributed by atoms with Crippen molar-refractivity contribution in [3.63, 3.8) is 0 Å². The zero-order valence-corrected chi connectivity index (χ0v) is 13.3. The lowest BCUT2D eigenvalue weighted by molar-refractivity contribution is -0.155. The van der Waals surface area contributed by atoms with E-state index in [0.29, 0.717) is 18.7 Å². The fourth-order valence-electron chi connectivity index (χ4n) is 2.76. The number of methoxy groups -OCH3 is 1. The highest BCUT2D eigenvalue weighted by Gasteiger charge is 2.42. The fourth-order valence-corrected chi connectivity index (χ4v) is 2.76. The van der Waals surface area contributed by atoms with Crippen LogP contribution in [0.3, 0.4) is 0 Å². The van der Waals surface area contributed by atoms with Crippen molar-refractivity contribution in [3.8, 4) is 5.75 Å². The second kappa shape index (κ2) is 7.74. The van der Waals surface area contributed by atoms with E-state index in [1.54, 1.807) is 0 Å². The quantitative estimate of drug-likeness (QED) is 0.881. The van der Waals surface area contributed by atoms with Crippen LogP contribution in [0.2, 0.25) is 0 Å². The van der Waals surface area contributed by atoms with Crippen molar-refractivity contribution in [3.05, 3.63) is 29.8 Å². The Morgan fingerprint density at radius 1 is 1.42 bits per heavy atom. The number of hydrogen-bond acceptors (Lipinski definition) is 3. The number of ether oxygens (including phenoxy) is 1. The number of likely N-dealkylation sites (tertiary alicyclic amines) is 1. The first kappa shape index (κ1) is 18.4. The minimum atomic E-state index is -4.61. The third-order valence-electron chi connectivity index (χ3n) is 4.11. The highest BCUT2D eigenvalue weighted by Crippen LogP contribution is 2.33. The van der Waals surface area contributed by atoms with Gasteiger partial charge in [0.2, 0.25) is 0 Å². The number of aliphatic hydroxyl groups is 1. The maximum Gasteiger partial charge on any atom is 0.412 e. The molecule has 1 fully saturated rings. The van der Waals surface area contributed by atoms with E-state index in [1.807, 2.05) is 0 Å². The second-order valence-electron chi connectivity index (χ2n) is 5.83. The van der Waals surface area contributed by atoms with E-state index in [1.165, 1.54) is 36.3 Å². The number of nitrogens with zero attached hydrogens (tertiary/aromatic N) is 1. The van der Waals surface area contributed by atoms with Crippen molar-refractivity contribution in [2.24, 2.45) is 5.92 Å². The topological polar surface area (TPSA) is 61.8 Å². The first-order valence-electron chi connectivity index (χ1n) is 7.72. The Bertz CT molecular complexity index is 548. The van der Waals surface area contributed by atoms with Gasteiger partial charge in [0.1, 0.15) is 5.75 Å². The van der Waals surface area contributed by atoms with Crippen LogP contribution in [-0.4, -0.2) is 49.0 Å². The largest absolute Gasteiger partial charge is 0.497 e. The molecule has 1 aromatic rings. The lowest BCUT2D eigenvalue weighted by Crippen LogP contribution is -2.49. The van der Waals surface area contributed by atoms with Gasteiger partial charge in [-0.15, -0.1) is 0 Å². The zero-order chi connectivity index (χ0) is 17.7. The molecule has 1 aromatic carbocycles. The SMILES string of the molecule is COc1ccc([C@H](NC(=O)N2CCC[C@@H](CO)C2)C(F)(F)F)cc1. The molecule has 1 aliphatic heterocycles. The molecule has 0 radical (unpaired) electrons. The number of piperidine rings is 1. The molecular formula is C16H21F3N2O3. The van der Waals surface area contributed by atoms with E-state index < -0.39 is 18.2 Å². The number of halogens is 3. The number of rotatable bonds is 4. The van der Waals surface area contributed by atoms with E-state index in [4.69, 9.17) is 4.74 Å². The summed E-state index contributed by atoms with van der Waals surface area (Å²) in [5.74, 6) is 0.350. The maximum atomic E-state index is 13.4. The molecule has 1 aliphatic rings. The highest BCUT2D eigenvalue weighted by atomic mass is 19.4. The number of alkyl halides is 3. The van der Waals surface area contributed by atoms with Gasteiger partial charge in [-0.25, -0.2) is 4.79 Å². The van der Waals surface area contributed by atoms with Crippen LogP contribution in [0, 0.1) is 5.92 Å². The van der Waals surface area contributed by atoms with E-state index in [2.05, 4.69) is 5.32 Å². The molecule has 0 spiro atoms. The van der Waals surface area contributed by atoms with Crippen molar-refractivity contribution in [1.82, 2.24) is 10.2 Å². The zero-order valence-electron chi connectivity index (χ0n) is 13.3. The molecule has 0 unspecified atom stereocenters. The van der Waals surface area contributed by atoms with Gasteiger partial charge in [-0.1, -0.05) is 12.1 Å². The van der Waals surface area contributed by atoms with Crippen LogP contribution in [0.4, 0.5) is 18.0 Å². The smallest absolute Gasteiger partial charge is 0.412 e. The molecule has 0 aliphatic carbocycles. The lowest BCUT2D eigenvalue weighted by Gasteiger charge is -2.33. The van der Waals surface area contributed by atoms with Gasteiger partial charge in [0.05, 0.1) is 7.11 Å². The normalized spacial score (nSPS) is 19.7.